The van der Waals surface area contributed by atoms with Crippen LogP contribution in [0.4, 0.5) is 5.69 Å². The molecule has 150 valence electrons. The highest BCUT2D eigenvalue weighted by Crippen LogP contribution is 2.66. The predicted octanol–water partition coefficient (Wildman–Crippen LogP) is 4.37. The largest absolute Gasteiger partial charge is 0.497 e. The Morgan fingerprint density at radius 1 is 1.10 bits per heavy atom. The Bertz CT molecular complexity index is 1150. The van der Waals surface area contributed by atoms with Gasteiger partial charge in [-0.3, -0.25) is 4.79 Å². The van der Waals surface area contributed by atoms with E-state index in [1.807, 2.05) is 54.6 Å². The number of nitrogens with zero attached hydrogens (tertiary/aromatic N) is 1. The first-order valence-electron chi connectivity index (χ1n) is 9.92. The number of hydrogen-bond acceptors (Lipinski definition) is 3. The van der Waals surface area contributed by atoms with Crippen LogP contribution in [0.2, 0.25) is 0 Å². The number of carboxylic acids is 1. The summed E-state index contributed by atoms with van der Waals surface area (Å²) in [6.07, 6.45) is 0.779. The van der Waals surface area contributed by atoms with E-state index in [1.54, 1.807) is 30.2 Å². The van der Waals surface area contributed by atoms with E-state index in [0.29, 0.717) is 6.54 Å². The topological polar surface area (TPSA) is 66.8 Å². The van der Waals surface area contributed by atoms with Gasteiger partial charge in [-0.15, -0.1) is 0 Å². The van der Waals surface area contributed by atoms with Gasteiger partial charge in [-0.2, -0.15) is 0 Å². The van der Waals surface area contributed by atoms with E-state index < -0.39 is 11.4 Å². The van der Waals surface area contributed by atoms with Gasteiger partial charge in [0.05, 0.1) is 24.6 Å². The van der Waals surface area contributed by atoms with Crippen molar-refractivity contribution in [3.8, 4) is 5.75 Å². The molecular formula is C25H21NO4. The summed E-state index contributed by atoms with van der Waals surface area (Å²) in [5, 5.41) is 9.28. The van der Waals surface area contributed by atoms with Crippen LogP contribution in [0.3, 0.4) is 0 Å². The maximum absolute atomic E-state index is 13.7. The molecule has 5 heteroatoms. The minimum atomic E-state index is -0.969. The van der Waals surface area contributed by atoms with Crippen molar-refractivity contribution >= 4 is 17.6 Å². The van der Waals surface area contributed by atoms with E-state index in [9.17, 15) is 14.7 Å². The zero-order chi connectivity index (χ0) is 20.9. The standard InChI is InChI=1S/C25H21NO4/c1-30-19-11-9-17(10-12-19)21-14-25(21)20-7-2-3-8-22(20)26(24(25)29)15-16-5-4-6-18(13-16)23(27)28/h2-13,21H,14-15H2,1H3,(H,27,28)/t21-,25+/m1/s1. The van der Waals surface area contributed by atoms with Crippen molar-refractivity contribution in [3.05, 3.63) is 95.1 Å². The van der Waals surface area contributed by atoms with Gasteiger partial charge >= 0.3 is 5.97 Å². The molecule has 0 saturated heterocycles. The molecule has 0 bridgehead atoms. The van der Waals surface area contributed by atoms with Gasteiger partial charge < -0.3 is 14.7 Å². The number of carbonyl (C=O) groups is 2. The SMILES string of the molecule is COc1ccc([C@H]2C[C@@]23C(=O)N(Cc2cccc(C(=O)O)c2)c2ccccc23)cc1. The first-order valence-corrected chi connectivity index (χ1v) is 9.92. The number of aromatic carboxylic acids is 1. The van der Waals surface area contributed by atoms with Gasteiger partial charge in [0.15, 0.2) is 0 Å². The number of hydrogen-bond donors (Lipinski definition) is 1. The van der Waals surface area contributed by atoms with Gasteiger partial charge in [0, 0.05) is 11.6 Å². The number of methoxy groups -OCH3 is 1. The molecule has 1 saturated carbocycles. The number of benzene rings is 3. The molecule has 1 aliphatic carbocycles. The van der Waals surface area contributed by atoms with Crippen molar-refractivity contribution in [1.29, 1.82) is 0 Å². The highest BCUT2D eigenvalue weighted by Gasteiger charge is 2.67. The highest BCUT2D eigenvalue weighted by atomic mass is 16.5. The molecular weight excluding hydrogens is 378 g/mol. The van der Waals surface area contributed by atoms with Gasteiger partial charge in [0.2, 0.25) is 5.91 Å². The number of ether oxygens (including phenoxy) is 1. The lowest BCUT2D eigenvalue weighted by molar-refractivity contribution is -0.120. The van der Waals surface area contributed by atoms with E-state index in [1.165, 1.54) is 0 Å². The van der Waals surface area contributed by atoms with Crippen molar-refractivity contribution < 1.29 is 19.4 Å². The van der Waals surface area contributed by atoms with Crippen LogP contribution in [0.25, 0.3) is 0 Å². The normalized spacial score (nSPS) is 21.6. The summed E-state index contributed by atoms with van der Waals surface area (Å²) in [5.41, 5.74) is 3.61. The van der Waals surface area contributed by atoms with Crippen LogP contribution < -0.4 is 9.64 Å². The second-order valence-corrected chi connectivity index (χ2v) is 7.92. The molecule has 1 amide bonds. The quantitative estimate of drug-likeness (QED) is 0.692. The second-order valence-electron chi connectivity index (χ2n) is 7.92. The van der Waals surface area contributed by atoms with E-state index in [-0.39, 0.29) is 17.4 Å². The highest BCUT2D eigenvalue weighted by molar-refractivity contribution is 6.11. The predicted molar refractivity (Wildman–Crippen MR) is 113 cm³/mol. The van der Waals surface area contributed by atoms with Crippen LogP contribution >= 0.6 is 0 Å². The van der Waals surface area contributed by atoms with Crippen molar-refractivity contribution in [3.63, 3.8) is 0 Å². The summed E-state index contributed by atoms with van der Waals surface area (Å²) in [6, 6.07) is 22.7. The average molecular weight is 399 g/mol. The Morgan fingerprint density at radius 3 is 2.60 bits per heavy atom. The Labute approximate surface area is 174 Å². The lowest BCUT2D eigenvalue weighted by Gasteiger charge is -2.19. The molecule has 30 heavy (non-hydrogen) atoms. The zero-order valence-corrected chi connectivity index (χ0v) is 16.5. The van der Waals surface area contributed by atoms with Crippen LogP contribution in [0.15, 0.2) is 72.8 Å². The van der Waals surface area contributed by atoms with E-state index in [2.05, 4.69) is 0 Å². The molecule has 0 radical (unpaired) electrons. The molecule has 3 aromatic rings. The fraction of sp³-hybridized carbons (Fsp3) is 0.200. The van der Waals surface area contributed by atoms with E-state index in [4.69, 9.17) is 4.74 Å². The molecule has 1 fully saturated rings. The van der Waals surface area contributed by atoms with E-state index in [0.717, 1.165) is 34.5 Å². The number of carbonyl (C=O) groups excluding carboxylic acids is 1. The van der Waals surface area contributed by atoms with Gasteiger partial charge in [-0.1, -0.05) is 42.5 Å². The van der Waals surface area contributed by atoms with Crippen molar-refractivity contribution in [2.24, 2.45) is 0 Å². The molecule has 1 aliphatic heterocycles. The molecule has 3 aromatic carbocycles. The third kappa shape index (κ3) is 2.70. The Hall–Kier alpha value is -3.60. The minimum absolute atomic E-state index is 0.0882. The van der Waals surface area contributed by atoms with Gasteiger partial charge in [0.1, 0.15) is 5.75 Å². The molecule has 0 unspecified atom stereocenters. The summed E-state index contributed by atoms with van der Waals surface area (Å²) in [7, 11) is 1.64. The smallest absolute Gasteiger partial charge is 0.335 e. The van der Waals surface area contributed by atoms with Crippen LogP contribution in [0.5, 0.6) is 5.75 Å². The first kappa shape index (κ1) is 18.4. The second kappa shape index (κ2) is 6.73. The number of anilines is 1. The van der Waals surface area contributed by atoms with Crippen LogP contribution in [0.1, 0.15) is 39.4 Å². The molecule has 1 N–H and O–H groups in total. The molecule has 5 rings (SSSR count). The van der Waals surface area contributed by atoms with Crippen molar-refractivity contribution in [2.45, 2.75) is 24.3 Å². The lowest BCUT2D eigenvalue weighted by Crippen LogP contribution is -2.32. The zero-order valence-electron chi connectivity index (χ0n) is 16.5. The molecule has 0 aromatic heterocycles. The average Bonchev–Trinajstić information content (AvgIpc) is 3.49. The summed E-state index contributed by atoms with van der Waals surface area (Å²) < 4.78 is 5.26. The number of rotatable bonds is 5. The van der Waals surface area contributed by atoms with Gasteiger partial charge in [-0.25, -0.2) is 4.79 Å². The van der Waals surface area contributed by atoms with Crippen LogP contribution in [-0.4, -0.2) is 24.1 Å². The summed E-state index contributed by atoms with van der Waals surface area (Å²) >= 11 is 0. The van der Waals surface area contributed by atoms with Crippen molar-refractivity contribution in [2.75, 3.05) is 12.0 Å². The Morgan fingerprint density at radius 2 is 1.87 bits per heavy atom. The first-order chi connectivity index (χ1) is 14.5. The Balaban J connectivity index is 1.49. The summed E-state index contributed by atoms with van der Waals surface area (Å²) in [6.45, 7) is 0.355. The molecule has 1 spiro atoms. The van der Waals surface area contributed by atoms with Crippen LogP contribution in [-0.2, 0) is 16.8 Å². The van der Waals surface area contributed by atoms with Crippen molar-refractivity contribution in [1.82, 2.24) is 0 Å². The number of para-hydroxylation sites is 1. The minimum Gasteiger partial charge on any atom is -0.497 e. The van der Waals surface area contributed by atoms with Gasteiger partial charge in [-0.05, 0) is 53.4 Å². The third-order valence-corrected chi connectivity index (χ3v) is 6.30. The maximum Gasteiger partial charge on any atom is 0.335 e. The van der Waals surface area contributed by atoms with E-state index >= 15 is 0 Å². The lowest BCUT2D eigenvalue weighted by atomic mass is 9.92. The molecule has 1 heterocycles. The number of amides is 1. The number of carboxylic acid groups (broad SMARTS) is 1. The third-order valence-electron chi connectivity index (χ3n) is 6.30. The van der Waals surface area contributed by atoms with Gasteiger partial charge in [0.25, 0.3) is 0 Å². The maximum atomic E-state index is 13.7. The summed E-state index contributed by atoms with van der Waals surface area (Å²) in [5.74, 6) is 0.0485. The molecule has 5 nitrogen and oxygen atoms in total. The summed E-state index contributed by atoms with van der Waals surface area (Å²) in [4.78, 5) is 26.8. The number of fused-ring (bicyclic) bond motifs is 2. The monoisotopic (exact) mass is 399 g/mol. The molecule has 2 aliphatic rings. The molecule has 2 atom stereocenters. The fourth-order valence-corrected chi connectivity index (χ4v) is 4.73. The fourth-order valence-electron chi connectivity index (χ4n) is 4.73. The van der Waals surface area contributed by atoms with Crippen LogP contribution in [0, 0.1) is 0 Å². The Kier molecular flexibility index (Phi) is 4.13.